The molecular formula is C21H22ClN3O2S. The lowest BCUT2D eigenvalue weighted by atomic mass is 10.2. The van der Waals surface area contributed by atoms with E-state index < -0.39 is 0 Å². The second-order valence-corrected chi connectivity index (χ2v) is 8.22. The highest BCUT2D eigenvalue weighted by Crippen LogP contribution is 2.27. The van der Waals surface area contributed by atoms with E-state index in [0.29, 0.717) is 33.9 Å². The van der Waals surface area contributed by atoms with Gasteiger partial charge in [0, 0.05) is 23.1 Å². The second-order valence-electron chi connectivity index (χ2n) is 6.67. The van der Waals surface area contributed by atoms with Crippen molar-refractivity contribution >= 4 is 40.2 Å². The molecule has 1 aromatic heterocycles. The fourth-order valence-electron chi connectivity index (χ4n) is 2.88. The summed E-state index contributed by atoms with van der Waals surface area (Å²) in [7, 11) is 0. The summed E-state index contributed by atoms with van der Waals surface area (Å²) in [6, 6.07) is 14.8. The predicted molar refractivity (Wildman–Crippen MR) is 115 cm³/mol. The third-order valence-corrected chi connectivity index (χ3v) is 5.85. The molecule has 2 aromatic carbocycles. The number of hydrogen-bond acceptors (Lipinski definition) is 4. The van der Waals surface area contributed by atoms with Gasteiger partial charge in [-0.05, 0) is 38.1 Å². The average molecular weight is 416 g/mol. The number of aromatic amines is 1. The summed E-state index contributed by atoms with van der Waals surface area (Å²) in [5.41, 5.74) is 0.442. The summed E-state index contributed by atoms with van der Waals surface area (Å²) < 4.78 is 0. The molecule has 0 aliphatic heterocycles. The van der Waals surface area contributed by atoms with Crippen molar-refractivity contribution in [2.24, 2.45) is 0 Å². The number of benzene rings is 2. The molecule has 0 bridgehead atoms. The quantitative estimate of drug-likeness (QED) is 0.577. The van der Waals surface area contributed by atoms with Crippen LogP contribution in [0, 0.1) is 0 Å². The third kappa shape index (κ3) is 4.94. The Morgan fingerprint density at radius 3 is 2.64 bits per heavy atom. The number of halogens is 1. The smallest absolute Gasteiger partial charge is 0.258 e. The van der Waals surface area contributed by atoms with E-state index in [4.69, 9.17) is 11.6 Å². The zero-order valence-corrected chi connectivity index (χ0v) is 17.4. The van der Waals surface area contributed by atoms with Gasteiger partial charge in [-0.3, -0.25) is 9.59 Å². The SMILES string of the molecule is CC(C)N(Cc1nc2ccccc2c(=O)[nH]1)C(=O)CCSc1ccccc1Cl. The van der Waals surface area contributed by atoms with Crippen LogP contribution >= 0.6 is 23.4 Å². The van der Waals surface area contributed by atoms with Crippen molar-refractivity contribution in [3.05, 3.63) is 69.7 Å². The first kappa shape index (κ1) is 20.4. The molecular weight excluding hydrogens is 394 g/mol. The fourth-order valence-corrected chi connectivity index (χ4v) is 4.06. The Bertz CT molecular complexity index is 1040. The van der Waals surface area contributed by atoms with Crippen LogP contribution in [0.1, 0.15) is 26.1 Å². The minimum Gasteiger partial charge on any atom is -0.333 e. The molecule has 1 heterocycles. The average Bonchev–Trinajstić information content (AvgIpc) is 2.67. The van der Waals surface area contributed by atoms with Crippen LogP contribution < -0.4 is 5.56 Å². The van der Waals surface area contributed by atoms with E-state index in [1.54, 1.807) is 34.9 Å². The van der Waals surface area contributed by atoms with Gasteiger partial charge in [-0.2, -0.15) is 0 Å². The standard InChI is InChI=1S/C21H22ClN3O2S/c1-14(2)25(20(26)11-12-28-18-10-6-4-8-16(18)22)13-19-23-17-9-5-3-7-15(17)21(27)24-19/h3-10,14H,11-13H2,1-2H3,(H,23,24,27). The molecule has 0 aliphatic rings. The van der Waals surface area contributed by atoms with E-state index in [-0.39, 0.29) is 24.1 Å². The van der Waals surface area contributed by atoms with Crippen LogP contribution in [0.25, 0.3) is 10.9 Å². The zero-order chi connectivity index (χ0) is 20.1. The van der Waals surface area contributed by atoms with Gasteiger partial charge >= 0.3 is 0 Å². The zero-order valence-electron chi connectivity index (χ0n) is 15.8. The Kier molecular flexibility index (Phi) is 6.75. The molecule has 1 amide bonds. The molecule has 1 N–H and O–H groups in total. The number of carbonyl (C=O) groups is 1. The van der Waals surface area contributed by atoms with Crippen LogP contribution in [-0.4, -0.2) is 32.6 Å². The summed E-state index contributed by atoms with van der Waals surface area (Å²) in [6.07, 6.45) is 0.381. The molecule has 0 aliphatic carbocycles. The van der Waals surface area contributed by atoms with Crippen LogP contribution in [0.15, 0.2) is 58.2 Å². The Morgan fingerprint density at radius 1 is 1.18 bits per heavy atom. The summed E-state index contributed by atoms with van der Waals surface area (Å²) in [4.78, 5) is 35.0. The van der Waals surface area contributed by atoms with Crippen LogP contribution in [0.2, 0.25) is 5.02 Å². The maximum atomic E-state index is 12.8. The molecule has 0 spiro atoms. The highest BCUT2D eigenvalue weighted by atomic mass is 35.5. The molecule has 7 heteroatoms. The molecule has 0 radical (unpaired) electrons. The van der Waals surface area contributed by atoms with Crippen LogP contribution in [0.3, 0.4) is 0 Å². The van der Waals surface area contributed by atoms with E-state index >= 15 is 0 Å². The number of fused-ring (bicyclic) bond motifs is 1. The number of carbonyl (C=O) groups excluding carboxylic acids is 1. The van der Waals surface area contributed by atoms with Crippen molar-refractivity contribution in [1.82, 2.24) is 14.9 Å². The van der Waals surface area contributed by atoms with Crippen molar-refractivity contribution in [2.75, 3.05) is 5.75 Å². The minimum atomic E-state index is -0.189. The number of thioether (sulfide) groups is 1. The Balaban J connectivity index is 1.68. The van der Waals surface area contributed by atoms with E-state index in [1.165, 1.54) is 0 Å². The van der Waals surface area contributed by atoms with Crippen molar-refractivity contribution in [1.29, 1.82) is 0 Å². The molecule has 146 valence electrons. The van der Waals surface area contributed by atoms with Gasteiger partial charge in [-0.25, -0.2) is 4.98 Å². The number of para-hydroxylation sites is 1. The molecule has 0 atom stereocenters. The van der Waals surface area contributed by atoms with E-state index in [1.807, 2.05) is 44.2 Å². The van der Waals surface area contributed by atoms with Crippen molar-refractivity contribution in [2.45, 2.75) is 37.8 Å². The summed E-state index contributed by atoms with van der Waals surface area (Å²) in [5.74, 6) is 1.14. The van der Waals surface area contributed by atoms with Crippen molar-refractivity contribution < 1.29 is 4.79 Å². The molecule has 28 heavy (non-hydrogen) atoms. The maximum Gasteiger partial charge on any atom is 0.258 e. The summed E-state index contributed by atoms with van der Waals surface area (Å²) in [6.45, 7) is 4.18. The van der Waals surface area contributed by atoms with Crippen LogP contribution in [-0.2, 0) is 11.3 Å². The predicted octanol–water partition coefficient (Wildman–Crippen LogP) is 4.50. The van der Waals surface area contributed by atoms with Crippen LogP contribution in [0.4, 0.5) is 0 Å². The fraction of sp³-hybridized carbons (Fsp3) is 0.286. The number of H-pyrrole nitrogens is 1. The lowest BCUT2D eigenvalue weighted by Gasteiger charge is -2.26. The van der Waals surface area contributed by atoms with Gasteiger partial charge in [-0.15, -0.1) is 11.8 Å². The highest BCUT2D eigenvalue weighted by Gasteiger charge is 2.19. The summed E-state index contributed by atoms with van der Waals surface area (Å²) in [5, 5.41) is 1.24. The van der Waals surface area contributed by atoms with E-state index in [0.717, 1.165) is 4.90 Å². The minimum absolute atomic E-state index is 0.00501. The Hall–Kier alpha value is -2.31. The topological polar surface area (TPSA) is 66.1 Å². The third-order valence-electron chi connectivity index (χ3n) is 4.34. The number of nitrogens with one attached hydrogen (secondary N) is 1. The lowest BCUT2D eigenvalue weighted by Crippen LogP contribution is -2.37. The first-order chi connectivity index (χ1) is 13.5. The molecule has 0 unspecified atom stereocenters. The van der Waals surface area contributed by atoms with Gasteiger partial charge in [0.25, 0.3) is 5.56 Å². The van der Waals surface area contributed by atoms with Gasteiger partial charge in [-0.1, -0.05) is 35.9 Å². The van der Waals surface area contributed by atoms with Gasteiger partial charge in [0.15, 0.2) is 0 Å². The Labute approximate surface area is 173 Å². The highest BCUT2D eigenvalue weighted by molar-refractivity contribution is 7.99. The number of nitrogens with zero attached hydrogens (tertiary/aromatic N) is 2. The van der Waals surface area contributed by atoms with E-state index in [2.05, 4.69) is 9.97 Å². The number of hydrogen-bond donors (Lipinski definition) is 1. The van der Waals surface area contributed by atoms with Gasteiger partial charge in [0.05, 0.1) is 22.5 Å². The molecule has 3 aromatic rings. The molecule has 0 saturated carbocycles. The molecule has 0 fully saturated rings. The van der Waals surface area contributed by atoms with Crippen molar-refractivity contribution in [3.8, 4) is 0 Å². The summed E-state index contributed by atoms with van der Waals surface area (Å²) >= 11 is 7.73. The largest absolute Gasteiger partial charge is 0.333 e. The molecule has 3 rings (SSSR count). The van der Waals surface area contributed by atoms with Gasteiger partial charge < -0.3 is 9.88 Å². The lowest BCUT2D eigenvalue weighted by molar-refractivity contribution is -0.133. The van der Waals surface area contributed by atoms with Gasteiger partial charge in [0.1, 0.15) is 5.82 Å². The monoisotopic (exact) mass is 415 g/mol. The second kappa shape index (κ2) is 9.26. The Morgan fingerprint density at radius 2 is 1.89 bits per heavy atom. The first-order valence-electron chi connectivity index (χ1n) is 9.10. The maximum absolute atomic E-state index is 12.8. The molecule has 5 nitrogen and oxygen atoms in total. The number of rotatable bonds is 7. The first-order valence-corrected chi connectivity index (χ1v) is 10.5. The normalized spacial score (nSPS) is 11.1. The van der Waals surface area contributed by atoms with Crippen LogP contribution in [0.5, 0.6) is 0 Å². The number of aromatic nitrogens is 2. The number of amides is 1. The van der Waals surface area contributed by atoms with E-state index in [9.17, 15) is 9.59 Å². The molecule has 0 saturated heterocycles. The van der Waals surface area contributed by atoms with Crippen molar-refractivity contribution in [3.63, 3.8) is 0 Å². The van der Waals surface area contributed by atoms with Gasteiger partial charge in [0.2, 0.25) is 5.91 Å².